The van der Waals surface area contributed by atoms with Gasteiger partial charge in [-0.25, -0.2) is 0 Å². The van der Waals surface area contributed by atoms with Gasteiger partial charge in [0.05, 0.1) is 26.7 Å². The summed E-state index contributed by atoms with van der Waals surface area (Å²) in [5.74, 6) is 1.59. The van der Waals surface area contributed by atoms with Crippen molar-refractivity contribution in [3.63, 3.8) is 0 Å². The van der Waals surface area contributed by atoms with E-state index in [1.807, 2.05) is 19.9 Å². The first-order valence-electron chi connectivity index (χ1n) is 4.73. The van der Waals surface area contributed by atoms with E-state index < -0.39 is 0 Å². The van der Waals surface area contributed by atoms with Crippen molar-refractivity contribution in [1.82, 2.24) is 0 Å². The molecule has 0 saturated carbocycles. The highest BCUT2D eigenvalue weighted by atomic mass is 16.5. The van der Waals surface area contributed by atoms with Gasteiger partial charge in [0.15, 0.2) is 0 Å². The van der Waals surface area contributed by atoms with Crippen molar-refractivity contribution in [3.05, 3.63) is 22.8 Å². The summed E-state index contributed by atoms with van der Waals surface area (Å²) in [6.07, 6.45) is 0.334. The topological polar surface area (TPSA) is 42.2 Å². The number of hydrogen-bond acceptors (Lipinski definition) is 3. The van der Waals surface area contributed by atoms with Gasteiger partial charge in [0.25, 0.3) is 0 Å². The zero-order chi connectivity index (χ0) is 11.4. The van der Waals surface area contributed by atoms with Gasteiger partial charge in [-0.05, 0) is 31.0 Å². The van der Waals surface area contributed by atoms with Crippen LogP contribution in [-0.2, 0) is 6.42 Å². The van der Waals surface area contributed by atoms with Crippen molar-refractivity contribution in [1.29, 1.82) is 5.26 Å². The molecular weight excluding hydrogens is 190 g/mol. The maximum Gasteiger partial charge on any atom is 0.126 e. The highest BCUT2D eigenvalue weighted by Gasteiger charge is 2.13. The van der Waals surface area contributed by atoms with Crippen LogP contribution in [0.4, 0.5) is 0 Å². The zero-order valence-electron chi connectivity index (χ0n) is 9.55. The van der Waals surface area contributed by atoms with Gasteiger partial charge in [0.2, 0.25) is 0 Å². The lowest BCUT2D eigenvalue weighted by Crippen LogP contribution is -1.99. The van der Waals surface area contributed by atoms with Gasteiger partial charge in [0.1, 0.15) is 11.5 Å². The molecule has 1 rings (SSSR count). The third-order valence-corrected chi connectivity index (χ3v) is 2.56. The van der Waals surface area contributed by atoms with Crippen molar-refractivity contribution < 1.29 is 9.47 Å². The van der Waals surface area contributed by atoms with E-state index >= 15 is 0 Å². The molecule has 0 spiro atoms. The summed E-state index contributed by atoms with van der Waals surface area (Å²) >= 11 is 0. The molecule has 0 unspecified atom stereocenters. The van der Waals surface area contributed by atoms with Crippen molar-refractivity contribution in [2.24, 2.45) is 0 Å². The number of ether oxygens (including phenoxy) is 2. The molecule has 1 aromatic rings. The molecule has 0 N–H and O–H groups in total. The first-order valence-corrected chi connectivity index (χ1v) is 4.73. The minimum atomic E-state index is 0.334. The highest BCUT2D eigenvalue weighted by molar-refractivity contribution is 5.53. The third kappa shape index (κ3) is 2.04. The molecule has 0 amide bonds. The second-order valence-corrected chi connectivity index (χ2v) is 3.36. The zero-order valence-corrected chi connectivity index (χ0v) is 9.55. The van der Waals surface area contributed by atoms with Crippen molar-refractivity contribution >= 4 is 0 Å². The quantitative estimate of drug-likeness (QED) is 0.760. The van der Waals surface area contributed by atoms with Crippen LogP contribution in [-0.4, -0.2) is 14.2 Å². The highest BCUT2D eigenvalue weighted by Crippen LogP contribution is 2.33. The van der Waals surface area contributed by atoms with E-state index in [1.165, 1.54) is 0 Å². The maximum absolute atomic E-state index is 8.72. The summed E-state index contributed by atoms with van der Waals surface area (Å²) in [6, 6.07) is 3.99. The van der Waals surface area contributed by atoms with Gasteiger partial charge in [0, 0.05) is 5.56 Å². The molecule has 1 aromatic carbocycles. The second-order valence-electron chi connectivity index (χ2n) is 3.36. The molecule has 0 aliphatic carbocycles. The average Bonchev–Trinajstić information content (AvgIpc) is 2.24. The van der Waals surface area contributed by atoms with E-state index in [0.29, 0.717) is 6.42 Å². The van der Waals surface area contributed by atoms with Gasteiger partial charge < -0.3 is 9.47 Å². The fraction of sp³-hybridized carbons (Fsp3) is 0.417. The molecule has 0 bridgehead atoms. The maximum atomic E-state index is 8.72. The predicted octanol–water partition coefficient (Wildman–Crippen LogP) is 2.39. The van der Waals surface area contributed by atoms with E-state index in [9.17, 15) is 0 Å². The lowest BCUT2D eigenvalue weighted by Gasteiger charge is -2.15. The molecule has 0 aliphatic heterocycles. The van der Waals surface area contributed by atoms with E-state index in [1.54, 1.807) is 14.2 Å². The van der Waals surface area contributed by atoms with Crippen LogP contribution in [0.5, 0.6) is 11.5 Å². The fourth-order valence-electron chi connectivity index (χ4n) is 1.64. The largest absolute Gasteiger partial charge is 0.496 e. The van der Waals surface area contributed by atoms with E-state index in [-0.39, 0.29) is 0 Å². The predicted molar refractivity (Wildman–Crippen MR) is 58.3 cm³/mol. The number of methoxy groups -OCH3 is 2. The molecule has 15 heavy (non-hydrogen) atoms. The Morgan fingerprint density at radius 1 is 1.20 bits per heavy atom. The molecule has 3 nitrogen and oxygen atoms in total. The van der Waals surface area contributed by atoms with Crippen LogP contribution in [0.25, 0.3) is 0 Å². The van der Waals surface area contributed by atoms with E-state index in [0.717, 1.165) is 28.2 Å². The van der Waals surface area contributed by atoms with Crippen molar-refractivity contribution in [2.75, 3.05) is 14.2 Å². The van der Waals surface area contributed by atoms with Gasteiger partial charge in [-0.1, -0.05) is 0 Å². The Bertz CT molecular complexity index is 405. The molecule has 0 heterocycles. The van der Waals surface area contributed by atoms with E-state index in [4.69, 9.17) is 14.7 Å². The Kier molecular flexibility index (Phi) is 3.56. The fourth-order valence-corrected chi connectivity index (χ4v) is 1.64. The lowest BCUT2D eigenvalue weighted by atomic mass is 10.0. The van der Waals surface area contributed by atoms with Crippen LogP contribution in [0.3, 0.4) is 0 Å². The Hall–Kier alpha value is -1.69. The number of rotatable bonds is 3. The normalized spacial score (nSPS) is 9.53. The summed E-state index contributed by atoms with van der Waals surface area (Å²) < 4.78 is 10.5. The summed E-state index contributed by atoms with van der Waals surface area (Å²) in [4.78, 5) is 0. The number of hydrogen-bond donors (Lipinski definition) is 0. The first-order chi connectivity index (χ1) is 7.15. The second kappa shape index (κ2) is 4.70. The van der Waals surface area contributed by atoms with Crippen molar-refractivity contribution in [2.45, 2.75) is 20.3 Å². The Labute approximate surface area is 90.2 Å². The number of nitrogens with zero attached hydrogens (tertiary/aromatic N) is 1. The Balaban J connectivity index is 3.38. The molecular formula is C12H15NO2. The summed E-state index contributed by atoms with van der Waals surface area (Å²) in [7, 11) is 3.25. The molecule has 0 fully saturated rings. The number of nitriles is 1. The summed E-state index contributed by atoms with van der Waals surface area (Å²) in [6.45, 7) is 3.95. The van der Waals surface area contributed by atoms with Crippen molar-refractivity contribution in [3.8, 4) is 17.6 Å². The summed E-state index contributed by atoms with van der Waals surface area (Å²) in [5, 5.41) is 8.72. The average molecular weight is 205 g/mol. The van der Waals surface area contributed by atoms with Gasteiger partial charge >= 0.3 is 0 Å². The van der Waals surface area contributed by atoms with Crippen LogP contribution < -0.4 is 9.47 Å². The lowest BCUT2D eigenvalue weighted by molar-refractivity contribution is 0.394. The molecule has 0 saturated heterocycles. The molecule has 80 valence electrons. The minimum Gasteiger partial charge on any atom is -0.496 e. The van der Waals surface area contributed by atoms with Gasteiger partial charge in [-0.3, -0.25) is 0 Å². The molecule has 0 radical (unpaired) electrons. The summed E-state index contributed by atoms with van der Waals surface area (Å²) in [5.41, 5.74) is 2.96. The molecule has 3 heteroatoms. The number of benzene rings is 1. The smallest absolute Gasteiger partial charge is 0.126 e. The SMILES string of the molecule is COc1cc(CC#N)c(OC)c(C)c1C. The van der Waals surface area contributed by atoms with Crippen LogP contribution in [0.15, 0.2) is 6.07 Å². The van der Waals surface area contributed by atoms with Crippen LogP contribution in [0.2, 0.25) is 0 Å². The molecule has 0 aromatic heterocycles. The monoisotopic (exact) mass is 205 g/mol. The Morgan fingerprint density at radius 2 is 1.87 bits per heavy atom. The van der Waals surface area contributed by atoms with Crippen LogP contribution in [0, 0.1) is 25.2 Å². The standard InChI is InChI=1S/C12H15NO2/c1-8-9(2)12(15-4)10(5-6-13)7-11(8)14-3/h7H,5H2,1-4H3. The third-order valence-electron chi connectivity index (χ3n) is 2.56. The van der Waals surface area contributed by atoms with E-state index in [2.05, 4.69) is 6.07 Å². The van der Waals surface area contributed by atoms with Gasteiger partial charge in [-0.2, -0.15) is 5.26 Å². The van der Waals surface area contributed by atoms with Gasteiger partial charge in [-0.15, -0.1) is 0 Å². The first kappa shape index (κ1) is 11.4. The molecule has 0 atom stereocenters. The van der Waals surface area contributed by atoms with Crippen LogP contribution in [0.1, 0.15) is 16.7 Å². The molecule has 0 aliphatic rings. The van der Waals surface area contributed by atoms with Crippen LogP contribution >= 0.6 is 0 Å². The Morgan fingerprint density at radius 3 is 2.33 bits per heavy atom. The minimum absolute atomic E-state index is 0.334.